The maximum absolute atomic E-state index is 15.2. The van der Waals surface area contributed by atoms with Crippen molar-refractivity contribution in [2.24, 2.45) is 0 Å². The second kappa shape index (κ2) is 10.6. The summed E-state index contributed by atoms with van der Waals surface area (Å²) >= 11 is 0. The van der Waals surface area contributed by atoms with Gasteiger partial charge in [0.2, 0.25) is 0 Å². The molecule has 5 rings (SSSR count). The van der Waals surface area contributed by atoms with Crippen LogP contribution in [-0.2, 0) is 6.42 Å². The number of fused-ring (bicyclic) bond motifs is 1. The van der Waals surface area contributed by atoms with Crippen molar-refractivity contribution in [3.63, 3.8) is 0 Å². The number of halogens is 2. The van der Waals surface area contributed by atoms with E-state index < -0.39 is 17.3 Å². The fourth-order valence-corrected chi connectivity index (χ4v) is 4.29. The molecule has 2 N–H and O–H groups in total. The van der Waals surface area contributed by atoms with Crippen molar-refractivity contribution in [1.29, 1.82) is 0 Å². The first-order valence-electron chi connectivity index (χ1n) is 12.0. The highest BCUT2D eigenvalue weighted by atomic mass is 35.5. The van der Waals surface area contributed by atoms with Gasteiger partial charge in [0.1, 0.15) is 11.5 Å². The van der Waals surface area contributed by atoms with Crippen molar-refractivity contribution in [1.82, 2.24) is 24.9 Å². The summed E-state index contributed by atoms with van der Waals surface area (Å²) in [6.45, 7) is 5.27. The van der Waals surface area contributed by atoms with Gasteiger partial charge in [0, 0.05) is 34.6 Å². The van der Waals surface area contributed by atoms with Crippen LogP contribution in [0.25, 0.3) is 28.0 Å². The van der Waals surface area contributed by atoms with Crippen LogP contribution in [0.4, 0.5) is 4.39 Å². The topological polar surface area (TPSA) is 92.2 Å². The highest BCUT2D eigenvalue weighted by Gasteiger charge is 2.31. The Morgan fingerprint density at radius 3 is 2.39 bits per heavy atom. The Morgan fingerprint density at radius 2 is 1.74 bits per heavy atom. The normalized spacial score (nSPS) is 11.3. The van der Waals surface area contributed by atoms with Crippen molar-refractivity contribution in [2.45, 2.75) is 32.7 Å². The Balaban J connectivity index is 0.00000336. The highest BCUT2D eigenvalue weighted by molar-refractivity contribution is 6.06. The lowest BCUT2D eigenvalue weighted by Gasteiger charge is -2.25. The number of hydrogen-bond acceptors (Lipinski definition) is 4. The minimum atomic E-state index is -1.22. The number of rotatable bonds is 7. The Labute approximate surface area is 225 Å². The molecular weight excluding hydrogens is 505 g/mol. The van der Waals surface area contributed by atoms with Crippen LogP contribution < -0.4 is 5.32 Å². The van der Waals surface area contributed by atoms with E-state index in [-0.39, 0.29) is 23.8 Å². The van der Waals surface area contributed by atoms with Crippen LogP contribution in [-0.4, -0.2) is 36.8 Å². The van der Waals surface area contributed by atoms with Crippen molar-refractivity contribution in [2.75, 3.05) is 0 Å². The number of amides is 1. The maximum Gasteiger partial charge on any atom is 0.255 e. The number of nitrogens with zero attached hydrogens (tertiary/aromatic N) is 3. The minimum Gasteiger partial charge on any atom is -0.340 e. The fraction of sp³-hybridized carbons (Fsp3) is 0.172. The van der Waals surface area contributed by atoms with E-state index >= 15 is 4.39 Å². The van der Waals surface area contributed by atoms with Gasteiger partial charge in [-0.1, -0.05) is 37.3 Å². The molecule has 2 aromatic carbocycles. The SMILES string of the molecule is CCc1ccc(C(=O)C(C)(C)NC(=O)c2ccc(-c3cnc4ccc(-c5cn[nH]c5)cn34)cc2F)cc1.Cl. The number of pyridine rings is 1. The molecule has 0 saturated heterocycles. The molecule has 0 aliphatic heterocycles. The number of ketones is 1. The van der Waals surface area contributed by atoms with E-state index in [0.29, 0.717) is 22.5 Å². The zero-order valence-corrected chi connectivity index (χ0v) is 22.0. The number of H-pyrrole nitrogens is 1. The predicted molar refractivity (Wildman–Crippen MR) is 147 cm³/mol. The van der Waals surface area contributed by atoms with E-state index in [1.54, 1.807) is 50.6 Å². The average Bonchev–Trinajstić information content (AvgIpc) is 3.58. The molecule has 0 unspecified atom stereocenters. The lowest BCUT2D eigenvalue weighted by Crippen LogP contribution is -2.50. The zero-order valence-electron chi connectivity index (χ0n) is 21.2. The van der Waals surface area contributed by atoms with Crippen LogP contribution >= 0.6 is 12.4 Å². The van der Waals surface area contributed by atoms with Gasteiger partial charge in [-0.3, -0.25) is 19.1 Å². The molecule has 0 spiro atoms. The molecule has 9 heteroatoms. The molecule has 7 nitrogen and oxygen atoms in total. The molecule has 194 valence electrons. The first-order valence-corrected chi connectivity index (χ1v) is 12.0. The van der Waals surface area contributed by atoms with E-state index in [1.165, 1.54) is 12.1 Å². The van der Waals surface area contributed by atoms with Crippen molar-refractivity contribution < 1.29 is 14.0 Å². The molecule has 3 heterocycles. The number of carbonyl (C=O) groups excluding carboxylic acids is 2. The minimum absolute atomic E-state index is 0. The van der Waals surface area contributed by atoms with Gasteiger partial charge in [-0.15, -0.1) is 12.4 Å². The van der Waals surface area contributed by atoms with Crippen LogP contribution in [0.1, 0.15) is 47.1 Å². The number of nitrogens with one attached hydrogen (secondary N) is 2. The Hall–Kier alpha value is -4.30. The zero-order chi connectivity index (χ0) is 26.2. The summed E-state index contributed by atoms with van der Waals surface area (Å²) in [5, 5.41) is 9.47. The number of Topliss-reactive ketones (excluding diaryl/α,β-unsaturated/α-hetero) is 1. The van der Waals surface area contributed by atoms with Gasteiger partial charge in [-0.2, -0.15) is 5.10 Å². The van der Waals surface area contributed by atoms with E-state index in [4.69, 9.17) is 0 Å². The standard InChI is InChI=1S/C29H26FN5O2.ClH/c1-4-18-5-7-19(8-6-18)27(36)29(2,3)34-28(37)23-11-9-20(13-24(23)30)25-16-31-26-12-10-21(17-35(25)26)22-14-32-33-15-22;/h5-17H,4H2,1-3H3,(H,32,33)(H,34,37);1H. The Bertz CT molecular complexity index is 1610. The molecule has 5 aromatic rings. The molecule has 3 aromatic heterocycles. The van der Waals surface area contributed by atoms with Gasteiger partial charge >= 0.3 is 0 Å². The van der Waals surface area contributed by atoms with Gasteiger partial charge in [-0.05, 0) is 50.1 Å². The van der Waals surface area contributed by atoms with Crippen molar-refractivity contribution in [3.05, 3.63) is 102 Å². The van der Waals surface area contributed by atoms with Gasteiger partial charge < -0.3 is 5.32 Å². The molecule has 0 aliphatic carbocycles. The molecule has 0 bridgehead atoms. The van der Waals surface area contributed by atoms with Crippen molar-refractivity contribution >= 4 is 29.7 Å². The number of aromatic amines is 1. The number of hydrogen-bond donors (Lipinski definition) is 2. The molecular formula is C29H27ClFN5O2. The largest absolute Gasteiger partial charge is 0.340 e. The molecule has 0 atom stereocenters. The first-order chi connectivity index (χ1) is 17.8. The quantitative estimate of drug-likeness (QED) is 0.255. The van der Waals surface area contributed by atoms with Crippen LogP contribution in [0.2, 0.25) is 0 Å². The molecule has 0 radical (unpaired) electrons. The van der Waals surface area contributed by atoms with E-state index in [2.05, 4.69) is 20.5 Å². The van der Waals surface area contributed by atoms with Gasteiger partial charge in [-0.25, -0.2) is 9.37 Å². The van der Waals surface area contributed by atoms with Crippen LogP contribution in [0.3, 0.4) is 0 Å². The summed E-state index contributed by atoms with van der Waals surface area (Å²) in [5.74, 6) is -1.60. The van der Waals surface area contributed by atoms with Gasteiger partial charge in [0.15, 0.2) is 5.78 Å². The van der Waals surface area contributed by atoms with E-state index in [1.807, 2.05) is 41.8 Å². The number of imidazole rings is 1. The summed E-state index contributed by atoms with van der Waals surface area (Å²) in [6.07, 6.45) is 7.94. The Kier molecular flexibility index (Phi) is 7.46. The summed E-state index contributed by atoms with van der Waals surface area (Å²) in [7, 11) is 0. The third kappa shape index (κ3) is 5.08. The summed E-state index contributed by atoms with van der Waals surface area (Å²) in [5.41, 5.74) is 4.03. The van der Waals surface area contributed by atoms with Crippen LogP contribution in [0, 0.1) is 5.82 Å². The third-order valence-corrected chi connectivity index (χ3v) is 6.46. The molecule has 0 saturated carbocycles. The lowest BCUT2D eigenvalue weighted by molar-refractivity contribution is 0.0796. The van der Waals surface area contributed by atoms with Crippen LogP contribution in [0.15, 0.2) is 79.4 Å². The molecule has 38 heavy (non-hydrogen) atoms. The molecule has 0 fully saturated rings. The van der Waals surface area contributed by atoms with Gasteiger partial charge in [0.05, 0.1) is 29.2 Å². The third-order valence-electron chi connectivity index (χ3n) is 6.46. The second-order valence-corrected chi connectivity index (χ2v) is 9.43. The predicted octanol–water partition coefficient (Wildman–Crippen LogP) is 5.91. The first kappa shape index (κ1) is 26.8. The van der Waals surface area contributed by atoms with E-state index in [9.17, 15) is 9.59 Å². The second-order valence-electron chi connectivity index (χ2n) is 9.43. The fourth-order valence-electron chi connectivity index (χ4n) is 4.29. The Morgan fingerprint density at radius 1 is 1.00 bits per heavy atom. The lowest BCUT2D eigenvalue weighted by atomic mass is 9.92. The number of aryl methyl sites for hydroxylation is 1. The van der Waals surface area contributed by atoms with Gasteiger partial charge in [0.25, 0.3) is 5.91 Å². The van der Waals surface area contributed by atoms with Crippen LogP contribution in [0.5, 0.6) is 0 Å². The maximum atomic E-state index is 15.2. The summed E-state index contributed by atoms with van der Waals surface area (Å²) < 4.78 is 17.1. The summed E-state index contributed by atoms with van der Waals surface area (Å²) in [6, 6.07) is 15.5. The molecule has 0 aliphatic rings. The number of benzene rings is 2. The average molecular weight is 532 g/mol. The smallest absolute Gasteiger partial charge is 0.255 e. The van der Waals surface area contributed by atoms with E-state index in [0.717, 1.165) is 23.1 Å². The number of carbonyl (C=O) groups is 2. The summed E-state index contributed by atoms with van der Waals surface area (Å²) in [4.78, 5) is 30.4. The monoisotopic (exact) mass is 531 g/mol. The number of aromatic nitrogens is 4. The van der Waals surface area contributed by atoms with Crippen molar-refractivity contribution in [3.8, 4) is 22.4 Å². The highest BCUT2D eigenvalue weighted by Crippen LogP contribution is 2.26. The molecule has 1 amide bonds.